The highest BCUT2D eigenvalue weighted by atomic mass is 19.1. The second kappa shape index (κ2) is 7.82. The largest absolute Gasteiger partial charge is 0.489 e. The van der Waals surface area contributed by atoms with E-state index in [0.717, 1.165) is 11.1 Å². The number of hydrogen-bond donors (Lipinski definition) is 1. The second-order valence-corrected chi connectivity index (χ2v) is 5.97. The van der Waals surface area contributed by atoms with Crippen LogP contribution in [0.2, 0.25) is 0 Å². The Balaban J connectivity index is 1.60. The number of aromatic nitrogens is 1. The maximum atomic E-state index is 12.9. The van der Waals surface area contributed by atoms with E-state index in [2.05, 4.69) is 10.5 Å². The van der Waals surface area contributed by atoms with E-state index in [1.54, 1.807) is 43.3 Å². The zero-order chi connectivity index (χ0) is 18.5. The van der Waals surface area contributed by atoms with E-state index in [4.69, 9.17) is 9.26 Å². The number of nitrogens with zero attached hydrogens (tertiary/aromatic N) is 1. The summed E-state index contributed by atoms with van der Waals surface area (Å²) in [6, 6.07) is 13.3. The lowest BCUT2D eigenvalue weighted by Gasteiger charge is -2.09. The third-order valence-corrected chi connectivity index (χ3v) is 3.96. The molecular formula is C20H19FN2O3. The predicted octanol–water partition coefficient (Wildman–Crippen LogP) is 4.19. The van der Waals surface area contributed by atoms with Gasteiger partial charge < -0.3 is 14.6 Å². The number of nitrogens with one attached hydrogen (secondary N) is 1. The van der Waals surface area contributed by atoms with E-state index in [0.29, 0.717) is 29.5 Å². The van der Waals surface area contributed by atoms with Crippen molar-refractivity contribution < 1.29 is 18.4 Å². The second-order valence-electron chi connectivity index (χ2n) is 5.97. The predicted molar refractivity (Wildman–Crippen MR) is 95.5 cm³/mol. The number of benzene rings is 2. The molecule has 0 aliphatic rings. The highest BCUT2D eigenvalue weighted by Gasteiger charge is 2.13. The van der Waals surface area contributed by atoms with Gasteiger partial charge in [0.15, 0.2) is 0 Å². The standard InChI is InChI=1S/C20H19FN2O3/c1-13-19(14(2)26-23-13)11-20(24)22-17-4-3-5-18(10-17)25-12-15-6-8-16(21)9-7-15/h3-10H,11-12H2,1-2H3,(H,22,24). The molecule has 0 saturated heterocycles. The monoisotopic (exact) mass is 354 g/mol. The summed E-state index contributed by atoms with van der Waals surface area (Å²) in [7, 11) is 0. The summed E-state index contributed by atoms with van der Waals surface area (Å²) in [5.41, 5.74) is 3.01. The normalized spacial score (nSPS) is 10.6. The Kier molecular flexibility index (Phi) is 5.31. The quantitative estimate of drug-likeness (QED) is 0.721. The first-order valence-corrected chi connectivity index (χ1v) is 8.20. The first-order valence-electron chi connectivity index (χ1n) is 8.20. The van der Waals surface area contributed by atoms with Gasteiger partial charge >= 0.3 is 0 Å². The van der Waals surface area contributed by atoms with Crippen molar-refractivity contribution in [3.05, 3.63) is 76.9 Å². The molecule has 1 aromatic heterocycles. The minimum atomic E-state index is -0.281. The highest BCUT2D eigenvalue weighted by Crippen LogP contribution is 2.20. The Morgan fingerprint density at radius 2 is 1.96 bits per heavy atom. The summed E-state index contributed by atoms with van der Waals surface area (Å²) in [4.78, 5) is 12.2. The molecule has 3 rings (SSSR count). The van der Waals surface area contributed by atoms with Gasteiger partial charge in [0.1, 0.15) is 23.9 Å². The van der Waals surface area contributed by atoms with Crippen molar-refractivity contribution >= 4 is 11.6 Å². The van der Waals surface area contributed by atoms with Gasteiger partial charge in [0.2, 0.25) is 5.91 Å². The average Bonchev–Trinajstić information content (AvgIpc) is 2.93. The van der Waals surface area contributed by atoms with Gasteiger partial charge in [-0.15, -0.1) is 0 Å². The van der Waals surface area contributed by atoms with Crippen molar-refractivity contribution in [2.45, 2.75) is 26.9 Å². The van der Waals surface area contributed by atoms with Crippen LogP contribution in [0.1, 0.15) is 22.6 Å². The summed E-state index contributed by atoms with van der Waals surface area (Å²) in [5.74, 6) is 0.824. The average molecular weight is 354 g/mol. The maximum Gasteiger partial charge on any atom is 0.229 e. The van der Waals surface area contributed by atoms with Gasteiger partial charge in [0.05, 0.1) is 12.1 Å². The number of rotatable bonds is 6. The smallest absolute Gasteiger partial charge is 0.229 e. The lowest BCUT2D eigenvalue weighted by molar-refractivity contribution is -0.115. The number of anilines is 1. The lowest BCUT2D eigenvalue weighted by Crippen LogP contribution is -2.15. The summed E-state index contributed by atoms with van der Waals surface area (Å²) in [6.07, 6.45) is 0.196. The first-order chi connectivity index (χ1) is 12.5. The third kappa shape index (κ3) is 4.47. The van der Waals surface area contributed by atoms with Crippen molar-refractivity contribution in [3.8, 4) is 5.75 Å². The molecule has 2 aromatic carbocycles. The molecule has 1 heterocycles. The van der Waals surface area contributed by atoms with Gasteiger partial charge in [-0.2, -0.15) is 0 Å². The lowest BCUT2D eigenvalue weighted by atomic mass is 10.1. The van der Waals surface area contributed by atoms with Gasteiger partial charge in [-0.1, -0.05) is 23.4 Å². The van der Waals surface area contributed by atoms with Crippen LogP contribution in [0.25, 0.3) is 0 Å². The van der Waals surface area contributed by atoms with Crippen LogP contribution in [-0.2, 0) is 17.8 Å². The van der Waals surface area contributed by atoms with E-state index in [9.17, 15) is 9.18 Å². The highest BCUT2D eigenvalue weighted by molar-refractivity contribution is 5.92. The van der Waals surface area contributed by atoms with Crippen LogP contribution in [0.4, 0.5) is 10.1 Å². The molecule has 0 saturated carbocycles. The molecule has 6 heteroatoms. The molecule has 0 spiro atoms. The minimum Gasteiger partial charge on any atom is -0.489 e. The van der Waals surface area contributed by atoms with Gasteiger partial charge in [0, 0.05) is 17.3 Å². The van der Waals surface area contributed by atoms with Crippen molar-refractivity contribution in [3.63, 3.8) is 0 Å². The van der Waals surface area contributed by atoms with Crippen molar-refractivity contribution in [1.29, 1.82) is 0 Å². The molecule has 0 atom stereocenters. The third-order valence-electron chi connectivity index (χ3n) is 3.96. The fourth-order valence-corrected chi connectivity index (χ4v) is 2.53. The molecule has 5 nitrogen and oxygen atoms in total. The van der Waals surface area contributed by atoms with Crippen molar-refractivity contribution in [2.75, 3.05) is 5.32 Å². The number of hydrogen-bond acceptors (Lipinski definition) is 4. The molecule has 0 fully saturated rings. The summed E-state index contributed by atoms with van der Waals surface area (Å²) < 4.78 is 23.7. The molecule has 0 unspecified atom stereocenters. The number of carbonyl (C=O) groups is 1. The minimum absolute atomic E-state index is 0.157. The number of ether oxygens (including phenoxy) is 1. The Labute approximate surface area is 150 Å². The number of halogens is 1. The Morgan fingerprint density at radius 3 is 2.65 bits per heavy atom. The van der Waals surface area contributed by atoms with Crippen LogP contribution in [0.5, 0.6) is 5.75 Å². The topological polar surface area (TPSA) is 64.4 Å². The molecule has 0 radical (unpaired) electrons. The van der Waals surface area contributed by atoms with Crippen LogP contribution in [0.15, 0.2) is 53.1 Å². The number of amides is 1. The van der Waals surface area contributed by atoms with Crippen LogP contribution >= 0.6 is 0 Å². The van der Waals surface area contributed by atoms with E-state index in [1.807, 2.05) is 6.92 Å². The van der Waals surface area contributed by atoms with E-state index >= 15 is 0 Å². The van der Waals surface area contributed by atoms with E-state index in [1.165, 1.54) is 12.1 Å². The Hall–Kier alpha value is -3.15. The summed E-state index contributed by atoms with van der Waals surface area (Å²) in [5, 5.41) is 6.69. The zero-order valence-corrected chi connectivity index (χ0v) is 14.6. The van der Waals surface area contributed by atoms with Gasteiger partial charge in [0.25, 0.3) is 0 Å². The molecular weight excluding hydrogens is 335 g/mol. The van der Waals surface area contributed by atoms with Crippen LogP contribution in [-0.4, -0.2) is 11.1 Å². The van der Waals surface area contributed by atoms with Crippen LogP contribution in [0, 0.1) is 19.7 Å². The van der Waals surface area contributed by atoms with Crippen molar-refractivity contribution in [1.82, 2.24) is 5.16 Å². The van der Waals surface area contributed by atoms with E-state index in [-0.39, 0.29) is 18.1 Å². The maximum absolute atomic E-state index is 12.9. The van der Waals surface area contributed by atoms with Crippen LogP contribution in [0.3, 0.4) is 0 Å². The van der Waals surface area contributed by atoms with E-state index < -0.39 is 0 Å². The molecule has 0 aliphatic heterocycles. The Morgan fingerprint density at radius 1 is 1.19 bits per heavy atom. The molecule has 3 aromatic rings. The van der Waals surface area contributed by atoms with Crippen molar-refractivity contribution in [2.24, 2.45) is 0 Å². The Bertz CT molecular complexity index is 884. The van der Waals surface area contributed by atoms with Gasteiger partial charge in [-0.05, 0) is 43.7 Å². The molecule has 1 amide bonds. The molecule has 134 valence electrons. The fraction of sp³-hybridized carbons (Fsp3) is 0.200. The fourth-order valence-electron chi connectivity index (χ4n) is 2.53. The SMILES string of the molecule is Cc1noc(C)c1CC(=O)Nc1cccc(OCc2ccc(F)cc2)c1. The molecule has 26 heavy (non-hydrogen) atoms. The van der Waals surface area contributed by atoms with Gasteiger partial charge in [-0.25, -0.2) is 4.39 Å². The molecule has 1 N–H and O–H groups in total. The first kappa shape index (κ1) is 17.7. The van der Waals surface area contributed by atoms with Crippen LogP contribution < -0.4 is 10.1 Å². The molecule has 0 bridgehead atoms. The van der Waals surface area contributed by atoms with Gasteiger partial charge in [-0.3, -0.25) is 4.79 Å². The number of aryl methyl sites for hydroxylation is 2. The summed E-state index contributed by atoms with van der Waals surface area (Å²) in [6.45, 7) is 3.91. The summed E-state index contributed by atoms with van der Waals surface area (Å²) >= 11 is 0. The molecule has 0 aliphatic carbocycles. The zero-order valence-electron chi connectivity index (χ0n) is 14.6. The number of carbonyl (C=O) groups excluding carboxylic acids is 1.